The molecule has 0 amide bonds. The van der Waals surface area contributed by atoms with Crippen LogP contribution in [0.5, 0.6) is 0 Å². The largest absolute Gasteiger partial charge is 0.342 e. The first-order valence-electron chi connectivity index (χ1n) is 5.34. The van der Waals surface area contributed by atoms with Crippen molar-refractivity contribution in [1.82, 2.24) is 0 Å². The molecule has 0 aromatic heterocycles. The average molecular weight is 269 g/mol. The predicted octanol–water partition coefficient (Wildman–Crippen LogP) is 1.91. The maximum Gasteiger partial charge on any atom is 0.292 e. The fraction of sp³-hybridized carbons (Fsp3) is 0.300. The molecule has 1 aromatic rings. The zero-order valence-corrected chi connectivity index (χ0v) is 10.4. The van der Waals surface area contributed by atoms with E-state index in [0.29, 0.717) is 12.3 Å². The lowest BCUT2D eigenvalue weighted by molar-refractivity contribution is -0.387. The minimum Gasteiger partial charge on any atom is -0.342 e. The minimum atomic E-state index is -4.01. The van der Waals surface area contributed by atoms with E-state index < -0.39 is 20.6 Å². The van der Waals surface area contributed by atoms with Crippen LogP contribution in [0.1, 0.15) is 19.8 Å². The van der Waals surface area contributed by atoms with Crippen LogP contribution in [0.2, 0.25) is 0 Å². The van der Waals surface area contributed by atoms with Gasteiger partial charge in [-0.25, -0.2) is 0 Å². The van der Waals surface area contributed by atoms with E-state index in [9.17, 15) is 18.5 Å². The second-order valence-corrected chi connectivity index (χ2v) is 5.34. The summed E-state index contributed by atoms with van der Waals surface area (Å²) in [6.07, 6.45) is 1.20. The SMILES string of the molecule is CCCC1=NS(=O)(=O)c2c(cccc2[N+](=O)[O-])N1. The van der Waals surface area contributed by atoms with Gasteiger partial charge in [-0.15, -0.1) is 4.40 Å². The summed E-state index contributed by atoms with van der Waals surface area (Å²) in [5, 5.41) is 13.6. The van der Waals surface area contributed by atoms with Crippen molar-refractivity contribution in [3.8, 4) is 0 Å². The third-order valence-corrected chi connectivity index (χ3v) is 3.85. The van der Waals surface area contributed by atoms with Gasteiger partial charge in [0.25, 0.3) is 15.7 Å². The van der Waals surface area contributed by atoms with Gasteiger partial charge in [0.2, 0.25) is 0 Å². The van der Waals surface area contributed by atoms with Crippen LogP contribution in [0.4, 0.5) is 11.4 Å². The number of anilines is 1. The molecule has 2 rings (SSSR count). The maximum absolute atomic E-state index is 12.0. The van der Waals surface area contributed by atoms with Crippen molar-refractivity contribution in [2.75, 3.05) is 5.32 Å². The van der Waals surface area contributed by atoms with Gasteiger partial charge in [0.1, 0.15) is 5.84 Å². The van der Waals surface area contributed by atoms with Gasteiger partial charge in [-0.2, -0.15) is 8.42 Å². The van der Waals surface area contributed by atoms with E-state index in [0.717, 1.165) is 12.5 Å². The fourth-order valence-corrected chi connectivity index (χ4v) is 3.07. The van der Waals surface area contributed by atoms with Crippen molar-refractivity contribution in [3.05, 3.63) is 28.3 Å². The summed E-state index contributed by atoms with van der Waals surface area (Å²) >= 11 is 0. The second-order valence-electron chi connectivity index (χ2n) is 3.80. The van der Waals surface area contributed by atoms with Crippen LogP contribution >= 0.6 is 0 Å². The quantitative estimate of drug-likeness (QED) is 0.667. The molecule has 0 fully saturated rings. The highest BCUT2D eigenvalue weighted by atomic mass is 32.2. The summed E-state index contributed by atoms with van der Waals surface area (Å²) in [6.45, 7) is 1.89. The number of nitro groups is 1. The van der Waals surface area contributed by atoms with E-state index in [4.69, 9.17) is 0 Å². The zero-order valence-electron chi connectivity index (χ0n) is 9.58. The van der Waals surface area contributed by atoms with Crippen LogP contribution in [0.3, 0.4) is 0 Å². The smallest absolute Gasteiger partial charge is 0.292 e. The molecule has 8 heteroatoms. The van der Waals surface area contributed by atoms with Crippen molar-refractivity contribution in [1.29, 1.82) is 0 Å². The van der Waals surface area contributed by atoms with Crippen LogP contribution in [0.25, 0.3) is 0 Å². The lowest BCUT2D eigenvalue weighted by Gasteiger charge is -2.17. The van der Waals surface area contributed by atoms with E-state index in [2.05, 4.69) is 9.71 Å². The molecule has 0 atom stereocenters. The lowest BCUT2D eigenvalue weighted by Crippen LogP contribution is -2.22. The highest BCUT2D eigenvalue weighted by molar-refractivity contribution is 7.90. The Hall–Kier alpha value is -1.96. The Labute approximate surface area is 104 Å². The van der Waals surface area contributed by atoms with Gasteiger partial charge in [-0.3, -0.25) is 10.1 Å². The molecule has 0 saturated heterocycles. The number of sulfonamides is 1. The molecule has 1 aromatic carbocycles. The number of amidine groups is 1. The normalized spacial score (nSPS) is 16.4. The molecule has 1 N–H and O–H groups in total. The van der Waals surface area contributed by atoms with Gasteiger partial charge >= 0.3 is 0 Å². The first-order valence-corrected chi connectivity index (χ1v) is 6.78. The van der Waals surface area contributed by atoms with Crippen LogP contribution in [0.15, 0.2) is 27.5 Å². The number of benzene rings is 1. The Morgan fingerprint density at radius 1 is 1.44 bits per heavy atom. The van der Waals surface area contributed by atoms with Gasteiger partial charge in [-0.05, 0) is 12.5 Å². The number of nitrogens with zero attached hydrogens (tertiary/aromatic N) is 2. The number of hydrogen-bond donors (Lipinski definition) is 1. The first-order chi connectivity index (χ1) is 8.45. The number of hydrogen-bond acceptors (Lipinski definition) is 5. The highest BCUT2D eigenvalue weighted by Crippen LogP contribution is 2.35. The van der Waals surface area contributed by atoms with Crippen molar-refractivity contribution in [3.63, 3.8) is 0 Å². The Kier molecular flexibility index (Phi) is 3.04. The van der Waals surface area contributed by atoms with Gasteiger partial charge in [0.15, 0.2) is 4.90 Å². The second kappa shape index (κ2) is 4.37. The van der Waals surface area contributed by atoms with E-state index in [1.165, 1.54) is 12.1 Å². The molecule has 0 radical (unpaired) electrons. The molecule has 0 saturated carbocycles. The number of nitro benzene ring substituents is 1. The van der Waals surface area contributed by atoms with E-state index >= 15 is 0 Å². The minimum absolute atomic E-state index is 0.211. The molecule has 96 valence electrons. The molecule has 0 unspecified atom stereocenters. The third kappa shape index (κ3) is 2.06. The number of fused-ring (bicyclic) bond motifs is 1. The standard InChI is InChI=1S/C10H11N3O4S/c1-2-4-9-11-7-5-3-6-8(13(14)15)10(7)18(16,17)12-9/h3,5-6H,2,4H2,1H3,(H,11,12). The Balaban J connectivity index is 2.63. The summed E-state index contributed by atoms with van der Waals surface area (Å²) in [7, 11) is -4.01. The topological polar surface area (TPSA) is 102 Å². The lowest BCUT2D eigenvalue weighted by atomic mass is 10.2. The van der Waals surface area contributed by atoms with Crippen molar-refractivity contribution in [2.45, 2.75) is 24.7 Å². The van der Waals surface area contributed by atoms with E-state index in [1.54, 1.807) is 0 Å². The maximum atomic E-state index is 12.0. The van der Waals surface area contributed by atoms with Gasteiger partial charge in [-0.1, -0.05) is 13.0 Å². The molecular weight excluding hydrogens is 258 g/mol. The highest BCUT2D eigenvalue weighted by Gasteiger charge is 2.32. The molecule has 18 heavy (non-hydrogen) atoms. The Morgan fingerprint density at radius 2 is 2.17 bits per heavy atom. The Morgan fingerprint density at radius 3 is 2.78 bits per heavy atom. The molecule has 7 nitrogen and oxygen atoms in total. The summed E-state index contributed by atoms with van der Waals surface area (Å²) < 4.78 is 27.5. The molecule has 0 aliphatic carbocycles. The van der Waals surface area contributed by atoms with Crippen molar-refractivity contribution < 1.29 is 13.3 Å². The summed E-state index contributed by atoms with van der Waals surface area (Å²) in [4.78, 5) is 9.74. The summed E-state index contributed by atoms with van der Waals surface area (Å²) in [5.74, 6) is 0.311. The van der Waals surface area contributed by atoms with Gasteiger partial charge in [0.05, 0.1) is 10.6 Å². The molecule has 1 heterocycles. The molecular formula is C10H11N3O4S. The van der Waals surface area contributed by atoms with Crippen LogP contribution < -0.4 is 5.32 Å². The van der Waals surface area contributed by atoms with Gasteiger partial charge in [0, 0.05) is 12.5 Å². The summed E-state index contributed by atoms with van der Waals surface area (Å²) in [5.41, 5.74) is -0.248. The first kappa shape index (κ1) is 12.5. The van der Waals surface area contributed by atoms with Gasteiger partial charge < -0.3 is 5.32 Å². The molecule has 1 aliphatic rings. The average Bonchev–Trinajstić information content (AvgIpc) is 2.27. The number of rotatable bonds is 3. The predicted molar refractivity (Wildman–Crippen MR) is 66.2 cm³/mol. The number of nitrogens with one attached hydrogen (secondary N) is 1. The van der Waals surface area contributed by atoms with E-state index in [1.807, 2.05) is 6.92 Å². The van der Waals surface area contributed by atoms with Crippen LogP contribution in [-0.4, -0.2) is 19.2 Å². The Bertz CT molecular complexity index is 637. The monoisotopic (exact) mass is 269 g/mol. The third-order valence-electron chi connectivity index (χ3n) is 2.45. The van der Waals surface area contributed by atoms with Crippen LogP contribution in [0, 0.1) is 10.1 Å². The fourth-order valence-electron chi connectivity index (χ4n) is 1.75. The zero-order chi connectivity index (χ0) is 13.3. The van der Waals surface area contributed by atoms with Crippen molar-refractivity contribution in [2.24, 2.45) is 4.40 Å². The van der Waals surface area contributed by atoms with Crippen LogP contribution in [-0.2, 0) is 10.0 Å². The summed E-state index contributed by atoms with van der Waals surface area (Å²) in [6, 6.07) is 4.08. The molecule has 0 bridgehead atoms. The molecule has 1 aliphatic heterocycles. The van der Waals surface area contributed by atoms with E-state index in [-0.39, 0.29) is 10.6 Å². The molecule has 0 spiro atoms. The van der Waals surface area contributed by atoms with Crippen molar-refractivity contribution >= 4 is 27.2 Å².